The molecule has 0 spiro atoms. The second-order valence-corrected chi connectivity index (χ2v) is 6.24. The molecule has 1 heterocycles. The molecule has 0 fully saturated rings. The van der Waals surface area contributed by atoms with Gasteiger partial charge < -0.3 is 0 Å². The third kappa shape index (κ3) is 2.40. The molecule has 0 radical (unpaired) electrons. The zero-order chi connectivity index (χ0) is 10.8. The molecule has 0 bridgehead atoms. The molecule has 15 heavy (non-hydrogen) atoms. The van der Waals surface area contributed by atoms with Crippen LogP contribution in [0.4, 0.5) is 0 Å². The minimum atomic E-state index is 0.230. The van der Waals surface area contributed by atoms with Crippen molar-refractivity contribution >= 4 is 33.0 Å². The smallest absolute Gasteiger partial charge is 0.198 e. The fourth-order valence-corrected chi connectivity index (χ4v) is 3.28. The quantitative estimate of drug-likeness (QED) is 0.731. The molecule has 0 N–H and O–H groups in total. The van der Waals surface area contributed by atoms with Crippen LogP contribution >= 0.6 is 27.3 Å². The Labute approximate surface area is 102 Å². The summed E-state index contributed by atoms with van der Waals surface area (Å²) in [7, 11) is 0. The lowest BCUT2D eigenvalue weighted by Crippen LogP contribution is -2.04. The van der Waals surface area contributed by atoms with Crippen LogP contribution in [0.25, 0.3) is 0 Å². The number of hydrogen-bond donors (Lipinski definition) is 0. The van der Waals surface area contributed by atoms with Crippen molar-refractivity contribution in [3.05, 3.63) is 31.9 Å². The number of carbonyl (C=O) groups excluding carboxylic acids is 1. The highest BCUT2D eigenvalue weighted by Gasteiger charge is 2.17. The second kappa shape index (κ2) is 4.62. The number of ketones is 1. The van der Waals surface area contributed by atoms with E-state index in [1.807, 2.05) is 13.0 Å². The van der Waals surface area contributed by atoms with Gasteiger partial charge in [0, 0.05) is 0 Å². The van der Waals surface area contributed by atoms with Gasteiger partial charge in [0.05, 0.1) is 8.66 Å². The molecular weight excluding hydrogens is 272 g/mol. The van der Waals surface area contributed by atoms with Crippen LogP contribution in [0.3, 0.4) is 0 Å². The molecule has 0 aromatic carbocycles. The summed E-state index contributed by atoms with van der Waals surface area (Å²) in [6, 6.07) is 1.98. The molecule has 80 valence electrons. The predicted molar refractivity (Wildman–Crippen MR) is 67.6 cm³/mol. The zero-order valence-corrected chi connectivity index (χ0v) is 11.1. The van der Waals surface area contributed by atoms with Gasteiger partial charge in [-0.15, -0.1) is 11.3 Å². The monoisotopic (exact) mass is 284 g/mol. The van der Waals surface area contributed by atoms with Gasteiger partial charge >= 0.3 is 0 Å². The Morgan fingerprint density at radius 3 is 2.80 bits per heavy atom. The number of thiophene rings is 1. The Kier molecular flexibility index (Phi) is 3.42. The molecule has 1 aliphatic carbocycles. The van der Waals surface area contributed by atoms with Crippen molar-refractivity contribution in [1.82, 2.24) is 0 Å². The molecule has 0 atom stereocenters. The summed E-state index contributed by atoms with van der Waals surface area (Å²) in [6.07, 6.45) is 6.50. The van der Waals surface area contributed by atoms with E-state index >= 15 is 0 Å². The predicted octanol–water partition coefficient (Wildman–Crippen LogP) is 4.50. The lowest BCUT2D eigenvalue weighted by Gasteiger charge is -2.09. The summed E-state index contributed by atoms with van der Waals surface area (Å²) < 4.78 is 1.07. The molecule has 3 heteroatoms. The van der Waals surface area contributed by atoms with Crippen molar-refractivity contribution in [3.63, 3.8) is 0 Å². The maximum Gasteiger partial charge on any atom is 0.198 e. The van der Waals surface area contributed by atoms with Gasteiger partial charge in [-0.05, 0) is 65.7 Å². The maximum atomic E-state index is 12.1. The van der Waals surface area contributed by atoms with E-state index in [9.17, 15) is 4.79 Å². The van der Waals surface area contributed by atoms with Gasteiger partial charge in [0.25, 0.3) is 0 Å². The van der Waals surface area contributed by atoms with Gasteiger partial charge in [-0.1, -0.05) is 6.08 Å². The van der Waals surface area contributed by atoms with Crippen molar-refractivity contribution in [2.45, 2.75) is 32.6 Å². The van der Waals surface area contributed by atoms with Gasteiger partial charge in [-0.25, -0.2) is 0 Å². The van der Waals surface area contributed by atoms with E-state index in [1.54, 1.807) is 11.3 Å². The number of rotatable bonds is 2. The molecule has 1 aromatic rings. The Hall–Kier alpha value is -0.410. The summed E-state index contributed by atoms with van der Waals surface area (Å²) >= 11 is 5.00. The fourth-order valence-electron chi connectivity index (χ4n) is 1.77. The Morgan fingerprint density at radius 2 is 2.27 bits per heavy atom. The highest BCUT2D eigenvalue weighted by molar-refractivity contribution is 9.11. The van der Waals surface area contributed by atoms with Crippen molar-refractivity contribution < 1.29 is 4.79 Å². The van der Waals surface area contributed by atoms with Crippen LogP contribution in [0.2, 0.25) is 0 Å². The highest BCUT2D eigenvalue weighted by Crippen LogP contribution is 2.30. The minimum Gasteiger partial charge on any atom is -0.288 e. The van der Waals surface area contributed by atoms with Crippen LogP contribution in [-0.4, -0.2) is 5.78 Å². The summed E-state index contributed by atoms with van der Waals surface area (Å²) in [6.45, 7) is 2.02. The van der Waals surface area contributed by atoms with Crippen LogP contribution in [0.1, 0.15) is 40.9 Å². The Bertz CT molecular complexity index is 398. The topological polar surface area (TPSA) is 17.1 Å². The van der Waals surface area contributed by atoms with Crippen LogP contribution in [-0.2, 0) is 0 Å². The number of carbonyl (C=O) groups is 1. The van der Waals surface area contributed by atoms with Gasteiger partial charge in [0.1, 0.15) is 0 Å². The molecule has 0 saturated carbocycles. The number of hydrogen-bond acceptors (Lipinski definition) is 2. The van der Waals surface area contributed by atoms with E-state index in [-0.39, 0.29) is 5.78 Å². The Balaban J connectivity index is 2.23. The SMILES string of the molecule is Cc1cc(C(=O)C2=CCCCC2)sc1Br. The molecule has 0 unspecified atom stereocenters. The van der Waals surface area contributed by atoms with Gasteiger partial charge in [-0.3, -0.25) is 4.79 Å². The third-order valence-electron chi connectivity index (χ3n) is 2.66. The van der Waals surface area contributed by atoms with E-state index in [1.165, 1.54) is 6.42 Å². The third-order valence-corrected chi connectivity index (χ3v) is 4.80. The van der Waals surface area contributed by atoms with Crippen molar-refractivity contribution in [1.29, 1.82) is 0 Å². The van der Waals surface area contributed by atoms with Crippen LogP contribution in [0, 0.1) is 6.92 Å². The normalized spacial score (nSPS) is 16.3. The average Bonchev–Trinajstić information content (AvgIpc) is 2.59. The highest BCUT2D eigenvalue weighted by atomic mass is 79.9. The largest absolute Gasteiger partial charge is 0.288 e. The lowest BCUT2D eigenvalue weighted by molar-refractivity contribution is 0.103. The molecule has 1 aromatic heterocycles. The molecular formula is C12H13BrOS. The molecule has 1 nitrogen and oxygen atoms in total. The average molecular weight is 285 g/mol. The van der Waals surface area contributed by atoms with Crippen LogP contribution < -0.4 is 0 Å². The summed E-state index contributed by atoms with van der Waals surface area (Å²) in [4.78, 5) is 13.0. The summed E-state index contributed by atoms with van der Waals surface area (Å²) in [5.74, 6) is 0.230. The van der Waals surface area contributed by atoms with E-state index < -0.39 is 0 Å². The number of allylic oxidation sites excluding steroid dienone is 2. The molecule has 0 amide bonds. The van der Waals surface area contributed by atoms with Gasteiger partial charge in [-0.2, -0.15) is 0 Å². The first-order valence-electron chi connectivity index (χ1n) is 5.18. The van der Waals surface area contributed by atoms with Crippen molar-refractivity contribution in [2.24, 2.45) is 0 Å². The van der Waals surface area contributed by atoms with Gasteiger partial charge in [0.2, 0.25) is 0 Å². The van der Waals surface area contributed by atoms with Crippen molar-refractivity contribution in [3.8, 4) is 0 Å². The molecule has 2 rings (SSSR count). The first-order valence-corrected chi connectivity index (χ1v) is 6.79. The van der Waals surface area contributed by atoms with Gasteiger partial charge in [0.15, 0.2) is 5.78 Å². The standard InChI is InChI=1S/C12H13BrOS/c1-8-7-10(15-12(8)13)11(14)9-5-3-2-4-6-9/h5,7H,2-4,6H2,1H3. The summed E-state index contributed by atoms with van der Waals surface area (Å²) in [5.41, 5.74) is 2.16. The van der Waals surface area contributed by atoms with Crippen LogP contribution in [0.15, 0.2) is 21.5 Å². The number of Topliss-reactive ketones (excluding diaryl/α,β-unsaturated/α-hetero) is 1. The van der Waals surface area contributed by atoms with E-state index in [0.717, 1.165) is 39.1 Å². The van der Waals surface area contributed by atoms with Crippen molar-refractivity contribution in [2.75, 3.05) is 0 Å². The lowest BCUT2D eigenvalue weighted by atomic mass is 9.96. The molecule has 1 aliphatic rings. The molecule has 0 saturated heterocycles. The zero-order valence-electron chi connectivity index (χ0n) is 8.68. The molecule has 0 aliphatic heterocycles. The number of halogens is 1. The number of aryl methyl sites for hydroxylation is 1. The fraction of sp³-hybridized carbons (Fsp3) is 0.417. The second-order valence-electron chi connectivity index (χ2n) is 3.87. The van der Waals surface area contributed by atoms with E-state index in [4.69, 9.17) is 0 Å². The van der Waals surface area contributed by atoms with Crippen LogP contribution in [0.5, 0.6) is 0 Å². The van der Waals surface area contributed by atoms with E-state index in [2.05, 4.69) is 22.0 Å². The van der Waals surface area contributed by atoms with E-state index in [0.29, 0.717) is 0 Å². The first-order chi connectivity index (χ1) is 7.18. The summed E-state index contributed by atoms with van der Waals surface area (Å²) in [5, 5.41) is 0. The first kappa shape index (κ1) is 11.1. The Morgan fingerprint density at radius 1 is 1.47 bits per heavy atom. The minimum absolute atomic E-state index is 0.230. The maximum absolute atomic E-state index is 12.1.